The molecule has 3 heteroatoms. The quantitative estimate of drug-likeness (QED) is 0.801. The van der Waals surface area contributed by atoms with E-state index in [1.807, 2.05) is 18.3 Å². The number of para-hydroxylation sites is 1. The normalized spacial score (nSPS) is 20.1. The second-order valence-electron chi connectivity index (χ2n) is 4.21. The van der Waals surface area contributed by atoms with Crippen molar-refractivity contribution in [1.29, 1.82) is 0 Å². The Labute approximate surface area is 94.9 Å². The fourth-order valence-electron chi connectivity index (χ4n) is 2.22. The summed E-state index contributed by atoms with van der Waals surface area (Å²) in [4.78, 5) is 4.36. The number of anilines is 1. The number of aromatic nitrogens is 1. The molecule has 0 amide bonds. The van der Waals surface area contributed by atoms with Crippen LogP contribution in [-0.2, 0) is 0 Å². The Morgan fingerprint density at radius 2 is 2.19 bits per heavy atom. The first-order valence-corrected chi connectivity index (χ1v) is 5.74. The molecule has 1 fully saturated rings. The molecule has 82 valence electrons. The SMILES string of the molecule is c1ccc2c(N[C@@H]3CCNC3)ccnc2c1. The number of nitrogens with one attached hydrogen (secondary N) is 2. The third-order valence-corrected chi connectivity index (χ3v) is 3.07. The summed E-state index contributed by atoms with van der Waals surface area (Å²) in [6, 6.07) is 10.9. The zero-order chi connectivity index (χ0) is 10.8. The van der Waals surface area contributed by atoms with Gasteiger partial charge in [0.05, 0.1) is 5.52 Å². The summed E-state index contributed by atoms with van der Waals surface area (Å²) in [7, 11) is 0. The lowest BCUT2D eigenvalue weighted by molar-refractivity contribution is 0.794. The lowest BCUT2D eigenvalue weighted by Crippen LogP contribution is -2.22. The third kappa shape index (κ3) is 1.74. The first-order chi connectivity index (χ1) is 7.93. The summed E-state index contributed by atoms with van der Waals surface area (Å²) in [6.45, 7) is 2.16. The smallest absolute Gasteiger partial charge is 0.0722 e. The van der Waals surface area contributed by atoms with E-state index in [0.717, 1.165) is 18.6 Å². The third-order valence-electron chi connectivity index (χ3n) is 3.07. The molecule has 1 saturated heterocycles. The van der Waals surface area contributed by atoms with E-state index in [-0.39, 0.29) is 0 Å². The number of rotatable bonds is 2. The van der Waals surface area contributed by atoms with Gasteiger partial charge in [0, 0.05) is 29.9 Å². The highest BCUT2D eigenvalue weighted by molar-refractivity contribution is 5.90. The highest BCUT2D eigenvalue weighted by Crippen LogP contribution is 2.22. The van der Waals surface area contributed by atoms with Crippen molar-refractivity contribution in [2.24, 2.45) is 0 Å². The van der Waals surface area contributed by atoms with E-state index in [1.165, 1.54) is 17.5 Å². The number of nitrogens with zero attached hydrogens (tertiary/aromatic N) is 1. The van der Waals surface area contributed by atoms with E-state index in [2.05, 4.69) is 33.8 Å². The minimum absolute atomic E-state index is 0.547. The van der Waals surface area contributed by atoms with Crippen LogP contribution in [0.4, 0.5) is 5.69 Å². The fraction of sp³-hybridized carbons (Fsp3) is 0.308. The topological polar surface area (TPSA) is 37.0 Å². The van der Waals surface area contributed by atoms with Crippen LogP contribution < -0.4 is 10.6 Å². The summed E-state index contributed by atoms with van der Waals surface area (Å²) in [6.07, 6.45) is 3.06. The molecule has 16 heavy (non-hydrogen) atoms. The molecule has 1 aliphatic rings. The number of pyridine rings is 1. The van der Waals surface area contributed by atoms with Gasteiger partial charge in [0.25, 0.3) is 0 Å². The number of benzene rings is 1. The summed E-state index contributed by atoms with van der Waals surface area (Å²) < 4.78 is 0. The van der Waals surface area contributed by atoms with Crippen molar-refractivity contribution < 1.29 is 0 Å². The van der Waals surface area contributed by atoms with Gasteiger partial charge >= 0.3 is 0 Å². The predicted octanol–water partition coefficient (Wildman–Crippen LogP) is 2.01. The second-order valence-corrected chi connectivity index (χ2v) is 4.21. The maximum Gasteiger partial charge on any atom is 0.0722 e. The molecule has 3 rings (SSSR count). The van der Waals surface area contributed by atoms with Crippen molar-refractivity contribution in [3.63, 3.8) is 0 Å². The van der Waals surface area contributed by atoms with Gasteiger partial charge in [0.2, 0.25) is 0 Å². The Hall–Kier alpha value is -1.61. The van der Waals surface area contributed by atoms with Crippen molar-refractivity contribution in [2.45, 2.75) is 12.5 Å². The van der Waals surface area contributed by atoms with E-state index < -0.39 is 0 Å². The minimum atomic E-state index is 0.547. The van der Waals surface area contributed by atoms with Crippen LogP contribution in [0.3, 0.4) is 0 Å². The molecule has 3 nitrogen and oxygen atoms in total. The molecular formula is C13H15N3. The van der Waals surface area contributed by atoms with Crippen LogP contribution in [0, 0.1) is 0 Å². The molecule has 2 aromatic rings. The van der Waals surface area contributed by atoms with Crippen molar-refractivity contribution in [1.82, 2.24) is 10.3 Å². The van der Waals surface area contributed by atoms with E-state index in [9.17, 15) is 0 Å². The van der Waals surface area contributed by atoms with E-state index in [4.69, 9.17) is 0 Å². The first-order valence-electron chi connectivity index (χ1n) is 5.74. The number of fused-ring (bicyclic) bond motifs is 1. The summed E-state index contributed by atoms with van der Waals surface area (Å²) in [5.41, 5.74) is 2.25. The zero-order valence-electron chi connectivity index (χ0n) is 9.11. The average Bonchev–Trinajstić information content (AvgIpc) is 2.82. The Bertz CT molecular complexity index is 484. The van der Waals surface area contributed by atoms with E-state index in [1.54, 1.807) is 0 Å². The van der Waals surface area contributed by atoms with Gasteiger partial charge < -0.3 is 10.6 Å². The predicted molar refractivity (Wildman–Crippen MR) is 66.6 cm³/mol. The van der Waals surface area contributed by atoms with E-state index >= 15 is 0 Å². The maximum absolute atomic E-state index is 4.36. The summed E-state index contributed by atoms with van der Waals surface area (Å²) >= 11 is 0. The van der Waals surface area contributed by atoms with Gasteiger partial charge in [-0.2, -0.15) is 0 Å². The molecule has 0 aliphatic carbocycles. The lowest BCUT2D eigenvalue weighted by Gasteiger charge is -2.14. The van der Waals surface area contributed by atoms with Gasteiger partial charge in [-0.3, -0.25) is 4.98 Å². The van der Waals surface area contributed by atoms with Crippen LogP contribution in [0.1, 0.15) is 6.42 Å². The van der Waals surface area contributed by atoms with Crippen LogP contribution in [-0.4, -0.2) is 24.1 Å². The van der Waals surface area contributed by atoms with Gasteiger partial charge in [-0.05, 0) is 25.1 Å². The number of hydrogen-bond donors (Lipinski definition) is 2. The van der Waals surface area contributed by atoms with Crippen LogP contribution in [0.5, 0.6) is 0 Å². The second kappa shape index (κ2) is 4.10. The molecule has 0 bridgehead atoms. The highest BCUT2D eigenvalue weighted by Gasteiger charge is 2.14. The van der Waals surface area contributed by atoms with Crippen molar-refractivity contribution in [3.8, 4) is 0 Å². The van der Waals surface area contributed by atoms with Gasteiger partial charge in [0.1, 0.15) is 0 Å². The molecule has 2 N–H and O–H groups in total. The molecule has 1 aromatic heterocycles. The maximum atomic E-state index is 4.36. The Balaban J connectivity index is 1.96. The van der Waals surface area contributed by atoms with Gasteiger partial charge in [-0.1, -0.05) is 18.2 Å². The molecule has 0 spiro atoms. The fourth-order valence-corrected chi connectivity index (χ4v) is 2.22. The van der Waals surface area contributed by atoms with Gasteiger partial charge in [-0.15, -0.1) is 0 Å². The standard InChI is InChI=1S/C13H15N3/c1-2-4-12-11(3-1)13(6-8-15-12)16-10-5-7-14-9-10/h1-4,6,8,10,14H,5,7,9H2,(H,15,16)/t10-/m1/s1. The number of hydrogen-bond acceptors (Lipinski definition) is 3. The van der Waals surface area contributed by atoms with Crippen LogP contribution >= 0.6 is 0 Å². The Morgan fingerprint density at radius 1 is 1.25 bits per heavy atom. The molecule has 1 atom stereocenters. The highest BCUT2D eigenvalue weighted by atomic mass is 15.0. The van der Waals surface area contributed by atoms with E-state index in [0.29, 0.717) is 6.04 Å². The molecular weight excluding hydrogens is 198 g/mol. The van der Waals surface area contributed by atoms with Crippen molar-refractivity contribution in [3.05, 3.63) is 36.5 Å². The first kappa shape index (κ1) is 9.60. The average molecular weight is 213 g/mol. The molecule has 2 heterocycles. The molecule has 1 aromatic carbocycles. The molecule has 0 radical (unpaired) electrons. The zero-order valence-corrected chi connectivity index (χ0v) is 9.11. The van der Waals surface area contributed by atoms with Crippen molar-refractivity contribution >= 4 is 16.6 Å². The summed E-state index contributed by atoms with van der Waals surface area (Å²) in [5.74, 6) is 0. The lowest BCUT2D eigenvalue weighted by atomic mass is 10.1. The Kier molecular flexibility index (Phi) is 2.46. The Morgan fingerprint density at radius 3 is 3.06 bits per heavy atom. The van der Waals surface area contributed by atoms with Gasteiger partial charge in [0.15, 0.2) is 0 Å². The van der Waals surface area contributed by atoms with Crippen molar-refractivity contribution in [2.75, 3.05) is 18.4 Å². The largest absolute Gasteiger partial charge is 0.380 e. The monoisotopic (exact) mass is 213 g/mol. The minimum Gasteiger partial charge on any atom is -0.380 e. The summed E-state index contributed by atoms with van der Waals surface area (Å²) in [5, 5.41) is 8.15. The van der Waals surface area contributed by atoms with Crippen LogP contribution in [0.15, 0.2) is 36.5 Å². The molecule has 1 aliphatic heterocycles. The molecule has 0 unspecified atom stereocenters. The molecule has 0 saturated carbocycles. The van der Waals surface area contributed by atoms with Crippen LogP contribution in [0.25, 0.3) is 10.9 Å². The van der Waals surface area contributed by atoms with Crippen LogP contribution in [0.2, 0.25) is 0 Å². The van der Waals surface area contributed by atoms with Gasteiger partial charge in [-0.25, -0.2) is 0 Å².